The van der Waals surface area contributed by atoms with Crippen LogP contribution in [0.25, 0.3) is 0 Å². The number of hydrogen-bond donors (Lipinski definition) is 2. The minimum Gasteiger partial charge on any atom is -0.378 e. The number of benzene rings is 1. The van der Waals surface area contributed by atoms with E-state index < -0.39 is 5.54 Å². The van der Waals surface area contributed by atoms with Gasteiger partial charge in [0.1, 0.15) is 5.54 Å². The summed E-state index contributed by atoms with van der Waals surface area (Å²) in [4.78, 5) is 28.7. The zero-order valence-corrected chi connectivity index (χ0v) is 20.6. The molecule has 6 nitrogen and oxygen atoms in total. The lowest BCUT2D eigenvalue weighted by Gasteiger charge is -2.34. The fourth-order valence-electron chi connectivity index (χ4n) is 4.22. The highest BCUT2D eigenvalue weighted by atomic mass is 79.9. The summed E-state index contributed by atoms with van der Waals surface area (Å²) >= 11 is 11.3. The fourth-order valence-corrected chi connectivity index (χ4v) is 5.79. The van der Waals surface area contributed by atoms with Gasteiger partial charge in [-0.25, -0.2) is 0 Å². The quantitative estimate of drug-likeness (QED) is 0.571. The Labute approximate surface area is 199 Å². The smallest absolute Gasteiger partial charge is 0.262 e. The van der Waals surface area contributed by atoms with E-state index in [1.165, 1.54) is 11.3 Å². The van der Waals surface area contributed by atoms with E-state index in [-0.39, 0.29) is 24.0 Å². The first-order valence-corrected chi connectivity index (χ1v) is 12.2. The predicted molar refractivity (Wildman–Crippen MR) is 128 cm³/mol. The standard InChI is InChI=1S/C22H25BrClN3O3S/c1-21(2)8-3-10-27(21)16-5-4-14(12-15(16)24)25-20(29)22(9-11-30-13-22)26-19(28)17-6-7-18(23)31-17/h4-7,12H,3,8-11,13H2,1-2H3,(H,25,29)(H,26,28). The van der Waals surface area contributed by atoms with E-state index >= 15 is 0 Å². The van der Waals surface area contributed by atoms with Gasteiger partial charge >= 0.3 is 0 Å². The highest BCUT2D eigenvalue weighted by Crippen LogP contribution is 2.38. The maximum Gasteiger partial charge on any atom is 0.262 e. The van der Waals surface area contributed by atoms with Crippen LogP contribution in [0.2, 0.25) is 5.02 Å². The third kappa shape index (κ3) is 4.62. The van der Waals surface area contributed by atoms with Crippen molar-refractivity contribution in [3.05, 3.63) is 44.0 Å². The second kappa shape index (κ2) is 8.73. The number of anilines is 2. The number of nitrogens with zero attached hydrogens (tertiary/aromatic N) is 1. The lowest BCUT2D eigenvalue weighted by Crippen LogP contribution is -2.57. The average Bonchev–Trinajstić information content (AvgIpc) is 3.43. The monoisotopic (exact) mass is 525 g/mol. The van der Waals surface area contributed by atoms with Crippen LogP contribution in [0.5, 0.6) is 0 Å². The number of thiophene rings is 1. The Bertz CT molecular complexity index is 1000. The number of ether oxygens (including phenoxy) is 1. The molecule has 1 aromatic carbocycles. The van der Waals surface area contributed by atoms with Crippen LogP contribution in [-0.2, 0) is 9.53 Å². The first-order chi connectivity index (χ1) is 14.7. The van der Waals surface area contributed by atoms with Crippen molar-refractivity contribution >= 4 is 62.1 Å². The van der Waals surface area contributed by atoms with Gasteiger partial charge < -0.3 is 20.3 Å². The third-order valence-corrected chi connectivity index (χ3v) is 7.93. The van der Waals surface area contributed by atoms with Crippen LogP contribution >= 0.6 is 38.9 Å². The van der Waals surface area contributed by atoms with Gasteiger partial charge in [0.15, 0.2) is 0 Å². The van der Waals surface area contributed by atoms with Gasteiger partial charge in [0, 0.05) is 30.8 Å². The van der Waals surface area contributed by atoms with Crippen molar-refractivity contribution in [2.24, 2.45) is 0 Å². The van der Waals surface area contributed by atoms with Crippen molar-refractivity contribution < 1.29 is 14.3 Å². The number of hydrogen-bond acceptors (Lipinski definition) is 5. The molecular formula is C22H25BrClN3O3S. The maximum absolute atomic E-state index is 13.2. The average molecular weight is 527 g/mol. The molecule has 1 atom stereocenters. The molecule has 2 aromatic rings. The van der Waals surface area contributed by atoms with Crippen molar-refractivity contribution in [2.75, 3.05) is 30.0 Å². The summed E-state index contributed by atoms with van der Waals surface area (Å²) in [7, 11) is 0. The first-order valence-electron chi connectivity index (χ1n) is 10.2. The molecule has 1 aromatic heterocycles. The summed E-state index contributed by atoms with van der Waals surface area (Å²) in [5.74, 6) is -0.597. The molecule has 0 saturated carbocycles. The maximum atomic E-state index is 13.2. The lowest BCUT2D eigenvalue weighted by molar-refractivity contribution is -0.122. The Morgan fingerprint density at radius 3 is 2.61 bits per heavy atom. The number of rotatable bonds is 5. The lowest BCUT2D eigenvalue weighted by atomic mass is 9.97. The summed E-state index contributed by atoms with van der Waals surface area (Å²) < 4.78 is 6.34. The molecule has 9 heteroatoms. The third-order valence-electron chi connectivity index (χ3n) is 6.00. The van der Waals surface area contributed by atoms with Crippen LogP contribution in [-0.4, -0.2) is 42.7 Å². The minimum atomic E-state index is -1.12. The van der Waals surface area contributed by atoms with E-state index in [4.69, 9.17) is 16.3 Å². The number of carbonyl (C=O) groups is 2. The zero-order valence-electron chi connectivity index (χ0n) is 17.5. The van der Waals surface area contributed by atoms with Crippen molar-refractivity contribution in [1.82, 2.24) is 5.32 Å². The van der Waals surface area contributed by atoms with Gasteiger partial charge in [-0.15, -0.1) is 11.3 Å². The molecule has 0 radical (unpaired) electrons. The SMILES string of the molecule is CC1(C)CCCN1c1ccc(NC(=O)C2(NC(=O)c3ccc(Br)s3)CCOC2)cc1Cl. The van der Waals surface area contributed by atoms with Crippen molar-refractivity contribution in [3.63, 3.8) is 0 Å². The second-order valence-corrected chi connectivity index (χ2v) is 11.5. The summed E-state index contributed by atoms with van der Waals surface area (Å²) in [5, 5.41) is 6.41. The van der Waals surface area contributed by atoms with E-state index in [9.17, 15) is 9.59 Å². The molecule has 4 rings (SSSR count). The van der Waals surface area contributed by atoms with E-state index in [2.05, 4.69) is 45.3 Å². The van der Waals surface area contributed by atoms with E-state index in [1.807, 2.05) is 18.2 Å². The van der Waals surface area contributed by atoms with Gasteiger partial charge in [0.05, 0.1) is 26.0 Å². The topological polar surface area (TPSA) is 70.7 Å². The molecule has 31 heavy (non-hydrogen) atoms. The molecular weight excluding hydrogens is 502 g/mol. The van der Waals surface area contributed by atoms with Gasteiger partial charge in [-0.05, 0) is 73.0 Å². The van der Waals surface area contributed by atoms with Crippen LogP contribution in [0.1, 0.15) is 42.8 Å². The van der Waals surface area contributed by atoms with Gasteiger partial charge in [-0.3, -0.25) is 9.59 Å². The largest absolute Gasteiger partial charge is 0.378 e. The molecule has 3 heterocycles. The molecule has 0 aliphatic carbocycles. The summed E-state index contributed by atoms with van der Waals surface area (Å²) in [5.41, 5.74) is 0.504. The highest BCUT2D eigenvalue weighted by molar-refractivity contribution is 9.11. The molecule has 0 spiro atoms. The van der Waals surface area contributed by atoms with Crippen LogP contribution in [0.3, 0.4) is 0 Å². The molecule has 2 fully saturated rings. The molecule has 0 bridgehead atoms. The summed E-state index contributed by atoms with van der Waals surface area (Å²) in [6, 6.07) is 9.11. The van der Waals surface area contributed by atoms with Crippen molar-refractivity contribution in [1.29, 1.82) is 0 Å². The molecule has 1 unspecified atom stereocenters. The summed E-state index contributed by atoms with van der Waals surface area (Å²) in [6.45, 7) is 5.93. The Hall–Kier alpha value is -1.61. The Balaban J connectivity index is 1.50. The number of carbonyl (C=O) groups excluding carboxylic acids is 2. The molecule has 2 aliphatic rings. The molecule has 2 saturated heterocycles. The number of nitrogens with one attached hydrogen (secondary N) is 2. The molecule has 2 amide bonds. The van der Waals surface area contributed by atoms with Crippen LogP contribution < -0.4 is 15.5 Å². The number of halogens is 2. The Morgan fingerprint density at radius 1 is 1.23 bits per heavy atom. The normalized spacial score (nSPS) is 22.5. The van der Waals surface area contributed by atoms with Crippen molar-refractivity contribution in [2.45, 2.75) is 44.2 Å². The van der Waals surface area contributed by atoms with E-state index in [0.29, 0.717) is 28.6 Å². The molecule has 2 N–H and O–H groups in total. The van der Waals surface area contributed by atoms with E-state index in [1.54, 1.807) is 12.1 Å². The minimum absolute atomic E-state index is 0.0563. The Kier molecular flexibility index (Phi) is 6.36. The zero-order chi connectivity index (χ0) is 22.2. The number of amides is 2. The van der Waals surface area contributed by atoms with Crippen LogP contribution in [0.4, 0.5) is 11.4 Å². The second-order valence-electron chi connectivity index (χ2n) is 8.63. The van der Waals surface area contributed by atoms with Gasteiger partial charge in [0.2, 0.25) is 0 Å². The fraction of sp³-hybridized carbons (Fsp3) is 0.455. The van der Waals surface area contributed by atoms with Gasteiger partial charge in [-0.1, -0.05) is 11.6 Å². The van der Waals surface area contributed by atoms with Crippen LogP contribution in [0.15, 0.2) is 34.1 Å². The summed E-state index contributed by atoms with van der Waals surface area (Å²) in [6.07, 6.45) is 2.65. The highest BCUT2D eigenvalue weighted by Gasteiger charge is 2.44. The van der Waals surface area contributed by atoms with Gasteiger partial charge in [-0.2, -0.15) is 0 Å². The van der Waals surface area contributed by atoms with Crippen LogP contribution in [0, 0.1) is 0 Å². The van der Waals surface area contributed by atoms with Crippen molar-refractivity contribution in [3.8, 4) is 0 Å². The van der Waals surface area contributed by atoms with Gasteiger partial charge in [0.25, 0.3) is 11.8 Å². The van der Waals surface area contributed by atoms with E-state index in [0.717, 1.165) is 28.9 Å². The first kappa shape index (κ1) is 22.6. The molecule has 2 aliphatic heterocycles. The molecule has 166 valence electrons. The Morgan fingerprint density at radius 2 is 2.03 bits per heavy atom. The predicted octanol–water partition coefficient (Wildman–Crippen LogP) is 5.07.